The summed E-state index contributed by atoms with van der Waals surface area (Å²) in [5, 5.41) is 7.54. The molecule has 0 saturated carbocycles. The highest BCUT2D eigenvalue weighted by Crippen LogP contribution is 2.31. The van der Waals surface area contributed by atoms with E-state index in [-0.39, 0.29) is 22.3 Å². The van der Waals surface area contributed by atoms with Gasteiger partial charge in [-0.05, 0) is 23.4 Å². The van der Waals surface area contributed by atoms with Gasteiger partial charge in [-0.3, -0.25) is 13.9 Å². The van der Waals surface area contributed by atoms with Crippen LogP contribution >= 0.6 is 0 Å². The van der Waals surface area contributed by atoms with Crippen molar-refractivity contribution in [3.63, 3.8) is 0 Å². The van der Waals surface area contributed by atoms with Crippen LogP contribution in [0, 0.1) is 0 Å². The second-order valence-electron chi connectivity index (χ2n) is 6.36. The first-order chi connectivity index (χ1) is 14.0. The first-order valence-electron chi connectivity index (χ1n) is 8.54. The Morgan fingerprint density at radius 2 is 1.41 bits per heavy atom. The number of hydrogen-bond donors (Lipinski definition) is 0. The van der Waals surface area contributed by atoms with Crippen molar-refractivity contribution in [2.24, 2.45) is 0 Å². The van der Waals surface area contributed by atoms with Gasteiger partial charge in [0.2, 0.25) is 0 Å². The monoisotopic (exact) mass is 405 g/mol. The zero-order valence-corrected chi connectivity index (χ0v) is 15.5. The van der Waals surface area contributed by atoms with Gasteiger partial charge in [0.05, 0.1) is 5.56 Å². The summed E-state index contributed by atoms with van der Waals surface area (Å²) in [4.78, 5) is 26.2. The number of para-hydroxylation sites is 1. The molecule has 142 valence electrons. The van der Waals surface area contributed by atoms with E-state index in [4.69, 9.17) is 4.28 Å². The molecule has 0 aliphatic heterocycles. The number of fused-ring (bicyclic) bond motifs is 3. The lowest BCUT2D eigenvalue weighted by Gasteiger charge is -2.19. The van der Waals surface area contributed by atoms with E-state index in [1.165, 1.54) is 30.3 Å². The third-order valence-corrected chi connectivity index (χ3v) is 5.89. The quantitative estimate of drug-likeness (QED) is 0.452. The Kier molecular flexibility index (Phi) is 3.62. The molecule has 1 aromatic heterocycles. The number of ketones is 2. The lowest BCUT2D eigenvalue weighted by molar-refractivity contribution is 0.0976. The summed E-state index contributed by atoms with van der Waals surface area (Å²) < 4.78 is 31.1. The average Bonchev–Trinajstić information content (AvgIpc) is 3.14. The van der Waals surface area contributed by atoms with Gasteiger partial charge >= 0.3 is 10.1 Å². The van der Waals surface area contributed by atoms with E-state index in [0.29, 0.717) is 11.0 Å². The lowest BCUT2D eigenvalue weighted by Crippen LogP contribution is -2.27. The third kappa shape index (κ3) is 2.55. The Balaban J connectivity index is 1.66. The number of aromatic nitrogens is 3. The molecule has 1 heterocycles. The molecule has 29 heavy (non-hydrogen) atoms. The zero-order valence-electron chi connectivity index (χ0n) is 14.6. The molecule has 0 spiro atoms. The summed E-state index contributed by atoms with van der Waals surface area (Å²) in [5.41, 5.74) is 0.982. The fourth-order valence-corrected chi connectivity index (χ4v) is 4.43. The average molecular weight is 405 g/mol. The van der Waals surface area contributed by atoms with Crippen LogP contribution in [-0.2, 0) is 10.1 Å². The number of carbonyl (C=O) groups excluding carboxylic acids is 2. The molecular formula is C20H11N3O5S. The van der Waals surface area contributed by atoms with Gasteiger partial charge < -0.3 is 0 Å². The molecule has 0 bridgehead atoms. The van der Waals surface area contributed by atoms with Gasteiger partial charge in [-0.2, -0.15) is 8.42 Å². The largest absolute Gasteiger partial charge is 0.359 e. The van der Waals surface area contributed by atoms with Crippen LogP contribution in [0.15, 0.2) is 71.6 Å². The van der Waals surface area contributed by atoms with E-state index in [1.54, 1.807) is 36.4 Å². The molecule has 5 rings (SSSR count). The number of nitrogens with zero attached hydrogens (tertiary/aromatic N) is 3. The van der Waals surface area contributed by atoms with E-state index in [9.17, 15) is 18.0 Å². The highest BCUT2D eigenvalue weighted by Gasteiger charge is 2.36. The molecule has 1 aliphatic rings. The van der Waals surface area contributed by atoms with Gasteiger partial charge in [-0.15, -0.1) is 5.10 Å². The highest BCUT2D eigenvalue weighted by molar-refractivity contribution is 7.87. The Labute approximate surface area is 164 Å². The van der Waals surface area contributed by atoms with E-state index in [1.807, 2.05) is 0 Å². The number of hydrogen-bond acceptors (Lipinski definition) is 7. The second kappa shape index (κ2) is 6.08. The van der Waals surface area contributed by atoms with Crippen LogP contribution in [0.2, 0.25) is 0 Å². The minimum absolute atomic E-state index is 0.0156. The van der Waals surface area contributed by atoms with Gasteiger partial charge in [-0.1, -0.05) is 53.4 Å². The summed E-state index contributed by atoms with van der Waals surface area (Å²) >= 11 is 0. The molecule has 0 amide bonds. The molecular weight excluding hydrogens is 394 g/mol. The Bertz CT molecular complexity index is 1440. The van der Waals surface area contributed by atoms with E-state index in [2.05, 4.69) is 10.3 Å². The first-order valence-corrected chi connectivity index (χ1v) is 9.95. The van der Waals surface area contributed by atoms with Crippen molar-refractivity contribution in [3.8, 4) is 0 Å². The van der Waals surface area contributed by atoms with Crippen molar-refractivity contribution in [1.29, 1.82) is 0 Å². The summed E-state index contributed by atoms with van der Waals surface area (Å²) in [6, 6.07) is 17.0. The van der Waals surface area contributed by atoms with E-state index in [0.717, 1.165) is 4.85 Å². The van der Waals surface area contributed by atoms with Gasteiger partial charge in [0.1, 0.15) is 15.9 Å². The smallest absolute Gasteiger partial charge is 0.289 e. The number of carbonyl (C=O) groups is 2. The van der Waals surface area contributed by atoms with Crippen LogP contribution in [0.1, 0.15) is 31.8 Å². The lowest BCUT2D eigenvalue weighted by atomic mass is 9.84. The van der Waals surface area contributed by atoms with Crippen LogP contribution < -0.4 is 4.28 Å². The molecule has 0 radical (unpaired) electrons. The second-order valence-corrected chi connectivity index (χ2v) is 7.86. The van der Waals surface area contributed by atoms with Gasteiger partial charge in [0.15, 0.2) is 11.6 Å². The van der Waals surface area contributed by atoms with Gasteiger partial charge in [0.25, 0.3) is 0 Å². The van der Waals surface area contributed by atoms with Crippen LogP contribution in [0.3, 0.4) is 0 Å². The fraction of sp³-hybridized carbons (Fsp3) is 0. The van der Waals surface area contributed by atoms with E-state index < -0.39 is 26.6 Å². The Morgan fingerprint density at radius 3 is 2.21 bits per heavy atom. The summed E-state index contributed by atoms with van der Waals surface area (Å²) in [6.45, 7) is 0. The topological polar surface area (TPSA) is 108 Å². The maximum atomic E-state index is 13.0. The zero-order chi connectivity index (χ0) is 20.2. The van der Waals surface area contributed by atoms with Crippen molar-refractivity contribution in [1.82, 2.24) is 15.2 Å². The molecule has 0 fully saturated rings. The van der Waals surface area contributed by atoms with Crippen molar-refractivity contribution < 1.29 is 22.3 Å². The predicted octanol–water partition coefficient (Wildman–Crippen LogP) is 2.02. The molecule has 8 nitrogen and oxygen atoms in total. The molecule has 3 aromatic carbocycles. The molecule has 0 atom stereocenters. The van der Waals surface area contributed by atoms with Crippen LogP contribution in [0.4, 0.5) is 0 Å². The summed E-state index contributed by atoms with van der Waals surface area (Å²) in [6.07, 6.45) is 0. The van der Waals surface area contributed by atoms with Crippen LogP contribution in [0.5, 0.6) is 0 Å². The third-order valence-electron chi connectivity index (χ3n) is 4.67. The van der Waals surface area contributed by atoms with Gasteiger partial charge in [0, 0.05) is 16.7 Å². The standard InChI is InChI=1S/C20H11N3O5S/c24-19-12-6-1-2-7-13(12)20(25)18-14(19)8-5-11-17(18)29(26,27)28-23-16-10-4-3-9-15(16)21-22-23/h1-11H. The first kappa shape index (κ1) is 17.3. The minimum Gasteiger partial charge on any atom is -0.289 e. The number of rotatable bonds is 3. The molecule has 9 heteroatoms. The minimum atomic E-state index is -4.49. The maximum Gasteiger partial charge on any atom is 0.359 e. The van der Waals surface area contributed by atoms with E-state index >= 15 is 0 Å². The number of benzene rings is 3. The van der Waals surface area contributed by atoms with Crippen LogP contribution in [-0.4, -0.2) is 35.1 Å². The fourth-order valence-electron chi connectivity index (χ4n) is 3.36. The van der Waals surface area contributed by atoms with Crippen molar-refractivity contribution in [2.75, 3.05) is 0 Å². The maximum absolute atomic E-state index is 13.0. The molecule has 4 aromatic rings. The van der Waals surface area contributed by atoms with Crippen molar-refractivity contribution in [3.05, 3.63) is 89.0 Å². The predicted molar refractivity (Wildman–Crippen MR) is 101 cm³/mol. The normalized spacial score (nSPS) is 13.2. The molecule has 0 saturated heterocycles. The Hall–Kier alpha value is -3.85. The summed E-state index contributed by atoms with van der Waals surface area (Å²) in [5.74, 6) is -0.972. The SMILES string of the molecule is O=C1c2ccccc2C(=O)c2c1cccc2S(=O)(=O)On1nnc2ccccc21. The highest BCUT2D eigenvalue weighted by atomic mass is 32.2. The molecule has 0 N–H and O–H groups in total. The Morgan fingerprint density at radius 1 is 0.759 bits per heavy atom. The summed E-state index contributed by atoms with van der Waals surface area (Å²) in [7, 11) is -4.49. The van der Waals surface area contributed by atoms with Crippen molar-refractivity contribution >= 4 is 32.7 Å². The molecule has 1 aliphatic carbocycles. The molecule has 0 unspecified atom stereocenters. The van der Waals surface area contributed by atoms with Gasteiger partial charge in [-0.25, -0.2) is 0 Å². The van der Waals surface area contributed by atoms with Crippen molar-refractivity contribution in [2.45, 2.75) is 4.90 Å². The van der Waals surface area contributed by atoms with Crippen LogP contribution in [0.25, 0.3) is 11.0 Å².